The van der Waals surface area contributed by atoms with E-state index in [0.29, 0.717) is 43.2 Å². The van der Waals surface area contributed by atoms with Gasteiger partial charge in [-0.1, -0.05) is 122 Å². The fraction of sp³-hybridized carbons (Fsp3) is 0.340. The molecule has 15 heteroatoms. The molecule has 1 aliphatic rings. The molecule has 0 spiro atoms. The molecule has 0 heterocycles. The summed E-state index contributed by atoms with van der Waals surface area (Å²) in [6.45, 7) is 2.15. The highest BCUT2D eigenvalue weighted by molar-refractivity contribution is 5.97. The average molecular weight is 922 g/mol. The van der Waals surface area contributed by atoms with Crippen molar-refractivity contribution in [1.82, 2.24) is 26.6 Å². The van der Waals surface area contributed by atoms with Gasteiger partial charge in [0.1, 0.15) is 23.7 Å². The number of nitrogens with one attached hydrogen (secondary N) is 5. The van der Waals surface area contributed by atoms with Crippen molar-refractivity contribution in [2.24, 2.45) is 22.2 Å². The summed E-state index contributed by atoms with van der Waals surface area (Å²) in [5.41, 5.74) is 19.1. The second-order valence-electron chi connectivity index (χ2n) is 17.5. The lowest BCUT2D eigenvalue weighted by Gasteiger charge is -2.40. The summed E-state index contributed by atoms with van der Waals surface area (Å²) in [6.07, 6.45) is 3.41. The third-order valence-corrected chi connectivity index (χ3v) is 12.5. The Kier molecular flexibility index (Phi) is 17.8. The molecule has 0 saturated heterocycles. The standard InChI is InChI=1S/C53H63N9O6/c1-2-12-46(63)62-53(28-26-40(27-29-53)38-15-7-4-8-16-38)51(68)61-45(32-35-13-5-3-6-14-35)50(67)59-43(19-11-30-57-52(55)56)49(66)60-44(33-37-22-23-39-17-9-10-18-42(39)31-37)48(65)58-34-36-20-24-41(25-21-36)47(54)64/h3-10,13-18,20-25,31,40,43-45H,2,11-12,19,26-30,32-34H2,1H3,(H2,54,64)(H,58,65)(H,59,67)(H,60,66)(H,61,68)(H,62,63)(H4,55,56,57)/t40?,43-,44-,45+,53?/m0/s1. The molecule has 68 heavy (non-hydrogen) atoms. The van der Waals surface area contributed by atoms with E-state index in [9.17, 15) is 28.8 Å². The van der Waals surface area contributed by atoms with Crippen LogP contribution in [0, 0.1) is 0 Å². The van der Waals surface area contributed by atoms with Crippen LogP contribution in [0.2, 0.25) is 0 Å². The Labute approximate surface area is 397 Å². The van der Waals surface area contributed by atoms with Gasteiger partial charge in [-0.2, -0.15) is 0 Å². The van der Waals surface area contributed by atoms with E-state index >= 15 is 0 Å². The van der Waals surface area contributed by atoms with Crippen LogP contribution in [-0.2, 0) is 43.4 Å². The molecular weight excluding hydrogens is 859 g/mol. The Morgan fingerprint density at radius 1 is 0.647 bits per heavy atom. The number of amides is 6. The Morgan fingerprint density at radius 2 is 1.24 bits per heavy atom. The van der Waals surface area contributed by atoms with Gasteiger partial charge in [-0.05, 0) is 96.0 Å². The smallest absolute Gasteiger partial charge is 0.248 e. The number of nitrogens with two attached hydrogens (primary N) is 3. The van der Waals surface area contributed by atoms with Crippen LogP contribution < -0.4 is 43.8 Å². The first-order chi connectivity index (χ1) is 32.8. The minimum atomic E-state index is -1.27. The van der Waals surface area contributed by atoms with Crippen LogP contribution >= 0.6 is 0 Å². The molecule has 0 unspecified atom stereocenters. The molecule has 0 radical (unpaired) electrons. The molecule has 0 bridgehead atoms. The number of aliphatic imine (C=N–C) groups is 1. The summed E-state index contributed by atoms with van der Waals surface area (Å²) < 4.78 is 0. The number of carbonyl (C=O) groups excluding carboxylic acids is 6. The maximum absolute atomic E-state index is 14.7. The van der Waals surface area contributed by atoms with Gasteiger partial charge in [-0.3, -0.25) is 33.8 Å². The Balaban J connectivity index is 1.26. The average Bonchev–Trinajstić information content (AvgIpc) is 3.34. The number of guanidine groups is 1. The van der Waals surface area contributed by atoms with E-state index in [-0.39, 0.29) is 63.0 Å². The first-order valence-corrected chi connectivity index (χ1v) is 23.3. The molecule has 15 nitrogen and oxygen atoms in total. The fourth-order valence-corrected chi connectivity index (χ4v) is 8.72. The molecule has 1 saturated carbocycles. The number of carbonyl (C=O) groups is 6. The van der Waals surface area contributed by atoms with Crippen molar-refractivity contribution in [2.75, 3.05) is 6.54 Å². The quantitative estimate of drug-likeness (QED) is 0.0277. The third-order valence-electron chi connectivity index (χ3n) is 12.5. The third kappa shape index (κ3) is 14.2. The topological polar surface area (TPSA) is 253 Å². The molecule has 5 aromatic carbocycles. The maximum Gasteiger partial charge on any atom is 0.248 e. The number of nitrogens with zero attached hydrogens (tertiary/aromatic N) is 1. The molecule has 0 aliphatic heterocycles. The molecule has 356 valence electrons. The Hall–Kier alpha value is -7.55. The van der Waals surface area contributed by atoms with Crippen LogP contribution in [0.25, 0.3) is 10.8 Å². The van der Waals surface area contributed by atoms with Crippen LogP contribution in [-0.4, -0.2) is 71.6 Å². The molecule has 5 aromatic rings. The second kappa shape index (κ2) is 24.3. The maximum atomic E-state index is 14.7. The number of rotatable bonds is 22. The number of hydrogen-bond donors (Lipinski definition) is 8. The zero-order valence-electron chi connectivity index (χ0n) is 38.5. The molecule has 3 atom stereocenters. The highest BCUT2D eigenvalue weighted by Crippen LogP contribution is 2.38. The van der Waals surface area contributed by atoms with E-state index < -0.39 is 53.2 Å². The van der Waals surface area contributed by atoms with Crippen LogP contribution in [0.3, 0.4) is 0 Å². The van der Waals surface area contributed by atoms with Gasteiger partial charge in [0.25, 0.3) is 0 Å². The van der Waals surface area contributed by atoms with E-state index in [1.165, 1.54) is 5.56 Å². The number of hydrogen-bond acceptors (Lipinski definition) is 7. The van der Waals surface area contributed by atoms with Gasteiger partial charge in [0, 0.05) is 37.9 Å². The van der Waals surface area contributed by atoms with Crippen molar-refractivity contribution in [1.29, 1.82) is 0 Å². The van der Waals surface area contributed by atoms with E-state index in [4.69, 9.17) is 17.2 Å². The lowest BCUT2D eigenvalue weighted by molar-refractivity contribution is -0.138. The normalized spacial score (nSPS) is 16.8. The van der Waals surface area contributed by atoms with E-state index in [0.717, 1.165) is 21.9 Å². The fourth-order valence-electron chi connectivity index (χ4n) is 8.72. The lowest BCUT2D eigenvalue weighted by atomic mass is 9.73. The Bertz CT molecular complexity index is 2540. The largest absolute Gasteiger partial charge is 0.370 e. The number of benzene rings is 5. The van der Waals surface area contributed by atoms with Gasteiger partial charge in [0.15, 0.2) is 5.96 Å². The number of primary amides is 1. The summed E-state index contributed by atoms with van der Waals surface area (Å²) >= 11 is 0. The summed E-state index contributed by atoms with van der Waals surface area (Å²) in [5.74, 6) is -2.98. The zero-order chi connectivity index (χ0) is 48.5. The van der Waals surface area contributed by atoms with Crippen molar-refractivity contribution in [3.05, 3.63) is 155 Å². The van der Waals surface area contributed by atoms with E-state index in [1.807, 2.05) is 97.9 Å². The molecule has 1 fully saturated rings. The minimum absolute atomic E-state index is 0.0781. The summed E-state index contributed by atoms with van der Waals surface area (Å²) in [4.78, 5) is 87.0. The van der Waals surface area contributed by atoms with Gasteiger partial charge in [-0.25, -0.2) is 0 Å². The van der Waals surface area contributed by atoms with E-state index in [1.54, 1.807) is 24.3 Å². The Morgan fingerprint density at radius 3 is 1.90 bits per heavy atom. The second-order valence-corrected chi connectivity index (χ2v) is 17.5. The van der Waals surface area contributed by atoms with Gasteiger partial charge in [0.2, 0.25) is 35.4 Å². The van der Waals surface area contributed by atoms with Crippen molar-refractivity contribution in [3.8, 4) is 0 Å². The van der Waals surface area contributed by atoms with Crippen LogP contribution in [0.4, 0.5) is 0 Å². The molecule has 6 rings (SSSR count). The molecular formula is C53H63N9O6. The monoisotopic (exact) mass is 921 g/mol. The van der Waals surface area contributed by atoms with Crippen molar-refractivity contribution in [3.63, 3.8) is 0 Å². The van der Waals surface area contributed by atoms with Gasteiger partial charge >= 0.3 is 0 Å². The van der Waals surface area contributed by atoms with Gasteiger partial charge in [-0.15, -0.1) is 0 Å². The highest BCUT2D eigenvalue weighted by Gasteiger charge is 2.44. The minimum Gasteiger partial charge on any atom is -0.370 e. The van der Waals surface area contributed by atoms with Gasteiger partial charge < -0.3 is 43.8 Å². The summed E-state index contributed by atoms with van der Waals surface area (Å²) in [6, 6.07) is 36.0. The van der Waals surface area contributed by atoms with E-state index in [2.05, 4.69) is 43.7 Å². The highest BCUT2D eigenvalue weighted by atomic mass is 16.2. The zero-order valence-corrected chi connectivity index (χ0v) is 38.5. The number of fused-ring (bicyclic) bond motifs is 1. The molecule has 11 N–H and O–H groups in total. The molecule has 1 aliphatic carbocycles. The van der Waals surface area contributed by atoms with Crippen molar-refractivity contribution < 1.29 is 28.8 Å². The van der Waals surface area contributed by atoms with Crippen molar-refractivity contribution >= 4 is 52.2 Å². The van der Waals surface area contributed by atoms with Gasteiger partial charge in [0.05, 0.1) is 0 Å². The van der Waals surface area contributed by atoms with Crippen LogP contribution in [0.1, 0.15) is 96.8 Å². The molecule has 6 amide bonds. The van der Waals surface area contributed by atoms with Crippen molar-refractivity contribution in [2.45, 2.75) is 107 Å². The first kappa shape index (κ1) is 49.9. The summed E-state index contributed by atoms with van der Waals surface area (Å²) in [5, 5.41) is 16.8. The lowest BCUT2D eigenvalue weighted by Crippen LogP contribution is -2.64. The first-order valence-electron chi connectivity index (χ1n) is 23.3. The molecule has 0 aromatic heterocycles. The predicted octanol–water partition coefficient (Wildman–Crippen LogP) is 4.56. The van der Waals surface area contributed by atoms with Crippen LogP contribution in [0.5, 0.6) is 0 Å². The predicted molar refractivity (Wildman–Crippen MR) is 264 cm³/mol. The summed E-state index contributed by atoms with van der Waals surface area (Å²) in [7, 11) is 0. The van der Waals surface area contributed by atoms with Crippen LogP contribution in [0.15, 0.2) is 132 Å². The SMILES string of the molecule is CCCC(=O)NC1(C(=O)N[C@H](Cc2ccccc2)C(=O)N[C@@H](CCCN=C(N)N)C(=O)N[C@@H](Cc2ccc3ccccc3c2)C(=O)NCc2ccc(C(N)=O)cc2)CCC(c2ccccc2)CC1.